The van der Waals surface area contributed by atoms with E-state index < -0.39 is 0 Å². The maximum absolute atomic E-state index is 5.35. The molecule has 0 aliphatic carbocycles. The van der Waals surface area contributed by atoms with Crippen LogP contribution in [0.5, 0.6) is 0 Å². The number of likely N-dealkylation sites (N-methyl/N-ethyl adjacent to an activating group) is 1. The van der Waals surface area contributed by atoms with Crippen LogP contribution in [0.25, 0.3) is 0 Å². The Balaban J connectivity index is 2.37. The number of hydrogen-bond acceptors (Lipinski definition) is 2. The van der Waals surface area contributed by atoms with Gasteiger partial charge in [-0.1, -0.05) is 18.1 Å². The summed E-state index contributed by atoms with van der Waals surface area (Å²) in [7, 11) is 2.12. The first kappa shape index (κ1) is 8.96. The topological polar surface area (TPSA) is 6.48 Å². The molecule has 14 heavy (non-hydrogen) atoms. The van der Waals surface area contributed by atoms with Crippen LogP contribution in [0.1, 0.15) is 0 Å². The van der Waals surface area contributed by atoms with E-state index in [-0.39, 0.29) is 0 Å². The van der Waals surface area contributed by atoms with Gasteiger partial charge in [0.2, 0.25) is 0 Å². The molecule has 0 fully saturated rings. The van der Waals surface area contributed by atoms with Crippen LogP contribution < -0.4 is 9.80 Å². The zero-order valence-electron chi connectivity index (χ0n) is 8.40. The molecule has 1 aromatic rings. The lowest BCUT2D eigenvalue weighted by molar-refractivity contribution is 0.777. The smallest absolute Gasteiger partial charge is 0.0793 e. The van der Waals surface area contributed by atoms with E-state index >= 15 is 0 Å². The summed E-state index contributed by atoms with van der Waals surface area (Å²) in [4.78, 5) is 4.51. The van der Waals surface area contributed by atoms with Gasteiger partial charge in [-0.05, 0) is 12.1 Å². The van der Waals surface area contributed by atoms with Gasteiger partial charge >= 0.3 is 0 Å². The summed E-state index contributed by atoms with van der Waals surface area (Å²) < 4.78 is 0. The molecule has 2 nitrogen and oxygen atoms in total. The second-order valence-corrected chi connectivity index (χ2v) is 3.54. The van der Waals surface area contributed by atoms with Gasteiger partial charge in [-0.25, -0.2) is 0 Å². The maximum atomic E-state index is 5.35. The molecule has 2 heteroatoms. The molecule has 1 aliphatic rings. The van der Waals surface area contributed by atoms with Crippen LogP contribution in [0, 0.1) is 12.3 Å². The standard InChI is InChI=1S/C12H14N2/c1-3-8-14-10-9-13(2)11-6-4-5-7-12(11)14/h1,4-7H,8-10H2,2H3. The number of fused-ring (bicyclic) bond motifs is 1. The minimum absolute atomic E-state index is 0.699. The van der Waals surface area contributed by atoms with Gasteiger partial charge < -0.3 is 9.80 Å². The fraction of sp³-hybridized carbons (Fsp3) is 0.333. The molecular weight excluding hydrogens is 172 g/mol. The molecule has 0 amide bonds. The lowest BCUT2D eigenvalue weighted by atomic mass is 10.2. The minimum atomic E-state index is 0.699. The molecule has 1 aromatic carbocycles. The van der Waals surface area contributed by atoms with E-state index in [1.807, 2.05) is 0 Å². The molecule has 0 saturated heterocycles. The van der Waals surface area contributed by atoms with E-state index in [0.29, 0.717) is 6.54 Å². The van der Waals surface area contributed by atoms with E-state index in [1.165, 1.54) is 11.4 Å². The van der Waals surface area contributed by atoms with Crippen molar-refractivity contribution in [1.82, 2.24) is 0 Å². The Bertz CT molecular complexity index is 365. The van der Waals surface area contributed by atoms with Gasteiger partial charge in [0, 0.05) is 20.1 Å². The zero-order valence-corrected chi connectivity index (χ0v) is 8.40. The number of para-hydroxylation sites is 2. The lowest BCUT2D eigenvalue weighted by Gasteiger charge is -2.35. The highest BCUT2D eigenvalue weighted by Gasteiger charge is 2.18. The summed E-state index contributed by atoms with van der Waals surface area (Å²) in [6.07, 6.45) is 5.35. The van der Waals surface area contributed by atoms with Crippen molar-refractivity contribution in [3.05, 3.63) is 24.3 Å². The molecule has 0 bridgehead atoms. The van der Waals surface area contributed by atoms with Crippen LogP contribution in [-0.4, -0.2) is 26.7 Å². The summed E-state index contributed by atoms with van der Waals surface area (Å²) in [5.74, 6) is 2.70. The van der Waals surface area contributed by atoms with Crippen LogP contribution in [0.15, 0.2) is 24.3 Å². The van der Waals surface area contributed by atoms with E-state index in [9.17, 15) is 0 Å². The van der Waals surface area contributed by atoms with Crippen molar-refractivity contribution >= 4 is 11.4 Å². The average Bonchev–Trinajstić information content (AvgIpc) is 2.23. The first-order valence-electron chi connectivity index (χ1n) is 4.81. The number of rotatable bonds is 1. The third kappa shape index (κ3) is 1.42. The molecule has 0 aromatic heterocycles. The van der Waals surface area contributed by atoms with E-state index in [0.717, 1.165) is 13.1 Å². The van der Waals surface area contributed by atoms with Crippen LogP contribution in [0.2, 0.25) is 0 Å². The minimum Gasteiger partial charge on any atom is -0.371 e. The Hall–Kier alpha value is -1.62. The van der Waals surface area contributed by atoms with Gasteiger partial charge in [0.1, 0.15) is 0 Å². The second-order valence-electron chi connectivity index (χ2n) is 3.54. The summed E-state index contributed by atoms with van der Waals surface area (Å²) in [5, 5.41) is 0. The van der Waals surface area contributed by atoms with Crippen molar-refractivity contribution in [3.63, 3.8) is 0 Å². The Morgan fingerprint density at radius 1 is 1.29 bits per heavy atom. The number of terminal acetylenes is 1. The Morgan fingerprint density at radius 3 is 2.71 bits per heavy atom. The van der Waals surface area contributed by atoms with Crippen molar-refractivity contribution in [3.8, 4) is 12.3 Å². The SMILES string of the molecule is C#CCN1CCN(C)c2ccccc21. The van der Waals surface area contributed by atoms with Crippen molar-refractivity contribution in [2.75, 3.05) is 36.5 Å². The third-order valence-corrected chi connectivity index (χ3v) is 2.62. The Morgan fingerprint density at radius 2 is 2.00 bits per heavy atom. The van der Waals surface area contributed by atoms with Crippen LogP contribution in [0.3, 0.4) is 0 Å². The quantitative estimate of drug-likeness (QED) is 0.614. The molecular formula is C12H14N2. The first-order chi connectivity index (χ1) is 6.83. The van der Waals surface area contributed by atoms with Gasteiger partial charge in [-0.15, -0.1) is 6.42 Å². The fourth-order valence-electron chi connectivity index (χ4n) is 1.84. The second kappa shape index (κ2) is 3.63. The van der Waals surface area contributed by atoms with E-state index in [4.69, 9.17) is 6.42 Å². The van der Waals surface area contributed by atoms with Crippen molar-refractivity contribution in [2.24, 2.45) is 0 Å². The van der Waals surface area contributed by atoms with Gasteiger partial charge in [0.05, 0.1) is 17.9 Å². The normalized spacial score (nSPS) is 14.9. The van der Waals surface area contributed by atoms with Crippen LogP contribution >= 0.6 is 0 Å². The molecule has 2 rings (SSSR count). The van der Waals surface area contributed by atoms with Crippen molar-refractivity contribution in [2.45, 2.75) is 0 Å². The van der Waals surface area contributed by atoms with Gasteiger partial charge in [0.15, 0.2) is 0 Å². The number of hydrogen-bond donors (Lipinski definition) is 0. The number of nitrogens with zero attached hydrogens (tertiary/aromatic N) is 2. The predicted octanol–water partition coefficient (Wildman–Crippen LogP) is 1.58. The van der Waals surface area contributed by atoms with Crippen molar-refractivity contribution < 1.29 is 0 Å². The highest BCUT2D eigenvalue weighted by Crippen LogP contribution is 2.31. The molecule has 0 N–H and O–H groups in total. The van der Waals surface area contributed by atoms with Gasteiger partial charge in [-0.2, -0.15) is 0 Å². The molecule has 0 spiro atoms. The van der Waals surface area contributed by atoms with E-state index in [1.54, 1.807) is 0 Å². The number of benzene rings is 1. The van der Waals surface area contributed by atoms with Gasteiger partial charge in [0.25, 0.3) is 0 Å². The lowest BCUT2D eigenvalue weighted by Crippen LogP contribution is -2.39. The van der Waals surface area contributed by atoms with Crippen molar-refractivity contribution in [1.29, 1.82) is 0 Å². The molecule has 0 atom stereocenters. The molecule has 0 radical (unpaired) electrons. The highest BCUT2D eigenvalue weighted by molar-refractivity contribution is 5.73. The molecule has 0 unspecified atom stereocenters. The van der Waals surface area contributed by atoms with E-state index in [2.05, 4.69) is 47.0 Å². The Labute approximate surface area is 85.1 Å². The maximum Gasteiger partial charge on any atom is 0.0793 e. The summed E-state index contributed by atoms with van der Waals surface area (Å²) in [6, 6.07) is 8.39. The molecule has 1 heterocycles. The first-order valence-corrected chi connectivity index (χ1v) is 4.81. The third-order valence-electron chi connectivity index (χ3n) is 2.62. The number of anilines is 2. The van der Waals surface area contributed by atoms with Gasteiger partial charge in [-0.3, -0.25) is 0 Å². The fourth-order valence-corrected chi connectivity index (χ4v) is 1.84. The summed E-state index contributed by atoms with van der Waals surface area (Å²) in [5.41, 5.74) is 2.52. The molecule has 1 aliphatic heterocycles. The predicted molar refractivity (Wildman–Crippen MR) is 60.8 cm³/mol. The highest BCUT2D eigenvalue weighted by atomic mass is 15.2. The summed E-state index contributed by atoms with van der Waals surface area (Å²) in [6.45, 7) is 2.75. The van der Waals surface area contributed by atoms with Crippen LogP contribution in [-0.2, 0) is 0 Å². The summed E-state index contributed by atoms with van der Waals surface area (Å²) >= 11 is 0. The monoisotopic (exact) mass is 186 g/mol. The molecule has 72 valence electrons. The van der Waals surface area contributed by atoms with Crippen LogP contribution in [0.4, 0.5) is 11.4 Å². The molecule has 0 saturated carbocycles. The Kier molecular flexibility index (Phi) is 2.32. The largest absolute Gasteiger partial charge is 0.371 e. The average molecular weight is 186 g/mol. The zero-order chi connectivity index (χ0) is 9.97.